The first-order valence-corrected chi connectivity index (χ1v) is 8.51. The molecule has 1 amide bonds. The summed E-state index contributed by atoms with van der Waals surface area (Å²) in [6, 6.07) is 8.99. The molecule has 1 aliphatic rings. The van der Waals surface area contributed by atoms with Crippen molar-refractivity contribution in [1.82, 2.24) is 9.62 Å². The molecule has 2 rings (SSSR count). The average molecular weight is 312 g/mol. The molecule has 1 aromatic rings. The van der Waals surface area contributed by atoms with Crippen LogP contribution >= 0.6 is 0 Å². The molecular formula is C14H20N2O4S. The molecule has 0 spiro atoms. The Bertz CT molecular complexity index is 586. The summed E-state index contributed by atoms with van der Waals surface area (Å²) in [6.07, 6.45) is -0.831. The van der Waals surface area contributed by atoms with Crippen LogP contribution in [0.15, 0.2) is 30.3 Å². The molecule has 1 N–H and O–H groups in total. The van der Waals surface area contributed by atoms with Crippen molar-refractivity contribution in [2.45, 2.75) is 31.7 Å². The number of ether oxygens (including phenoxy) is 1. The molecule has 6 nitrogen and oxygen atoms in total. The summed E-state index contributed by atoms with van der Waals surface area (Å²) in [7, 11) is -3.44. The van der Waals surface area contributed by atoms with Crippen molar-refractivity contribution in [2.75, 3.05) is 13.1 Å². The maximum atomic E-state index is 12.0. The molecule has 0 saturated carbocycles. The number of nitrogens with one attached hydrogen (secondary N) is 1. The fraction of sp³-hybridized carbons (Fsp3) is 0.500. The second-order valence-electron chi connectivity index (χ2n) is 5.35. The summed E-state index contributed by atoms with van der Waals surface area (Å²) in [5, 5.41) is 0. The van der Waals surface area contributed by atoms with Crippen LogP contribution in [0.5, 0.6) is 0 Å². The highest BCUT2D eigenvalue weighted by Crippen LogP contribution is 2.14. The van der Waals surface area contributed by atoms with Gasteiger partial charge in [-0.05, 0) is 19.4 Å². The molecule has 0 radical (unpaired) electrons. The largest absolute Gasteiger partial charge is 0.443 e. The van der Waals surface area contributed by atoms with Gasteiger partial charge in [0.25, 0.3) is 0 Å². The maximum absolute atomic E-state index is 12.0. The Labute approximate surface area is 125 Å². The zero-order valence-electron chi connectivity index (χ0n) is 12.2. The summed E-state index contributed by atoms with van der Waals surface area (Å²) in [6.45, 7) is 4.29. The van der Waals surface area contributed by atoms with Gasteiger partial charge in [-0.15, -0.1) is 0 Å². The lowest BCUT2D eigenvalue weighted by Gasteiger charge is -2.16. The van der Waals surface area contributed by atoms with Crippen LogP contribution in [-0.4, -0.2) is 44.6 Å². The van der Waals surface area contributed by atoms with Crippen molar-refractivity contribution < 1.29 is 17.9 Å². The zero-order chi connectivity index (χ0) is 15.5. The third-order valence-electron chi connectivity index (χ3n) is 3.26. The summed E-state index contributed by atoms with van der Waals surface area (Å²) in [5.41, 5.74) is 0.720. The Morgan fingerprint density at radius 3 is 2.57 bits per heavy atom. The van der Waals surface area contributed by atoms with E-state index in [9.17, 15) is 13.2 Å². The predicted octanol–water partition coefficient (Wildman–Crippen LogP) is 1.34. The minimum atomic E-state index is -3.44. The first kappa shape index (κ1) is 15.8. The lowest BCUT2D eigenvalue weighted by atomic mass is 10.2. The molecule has 1 heterocycles. The molecule has 21 heavy (non-hydrogen) atoms. The molecule has 0 aromatic heterocycles. The van der Waals surface area contributed by atoms with E-state index in [1.807, 2.05) is 19.9 Å². The number of nitrogens with zero attached hydrogens (tertiary/aromatic N) is 1. The maximum Gasteiger partial charge on any atom is 0.410 e. The van der Waals surface area contributed by atoms with E-state index in [1.165, 1.54) is 0 Å². The first-order chi connectivity index (χ1) is 9.87. The van der Waals surface area contributed by atoms with Crippen LogP contribution in [-0.2, 0) is 20.5 Å². The minimum Gasteiger partial charge on any atom is -0.443 e. The predicted molar refractivity (Wildman–Crippen MR) is 79.2 cm³/mol. The Balaban J connectivity index is 1.87. The van der Waals surface area contributed by atoms with Crippen LogP contribution in [0.2, 0.25) is 0 Å². The van der Waals surface area contributed by atoms with Crippen LogP contribution < -0.4 is 4.72 Å². The third kappa shape index (κ3) is 4.44. The number of benzene rings is 1. The van der Waals surface area contributed by atoms with Gasteiger partial charge in [-0.1, -0.05) is 30.3 Å². The fourth-order valence-corrected chi connectivity index (χ4v) is 3.31. The average Bonchev–Trinajstić information content (AvgIpc) is 2.79. The number of sulfonamides is 1. The van der Waals surface area contributed by atoms with E-state index in [1.54, 1.807) is 29.2 Å². The van der Waals surface area contributed by atoms with Gasteiger partial charge in [0, 0.05) is 12.6 Å². The Kier molecular flexibility index (Phi) is 4.84. The van der Waals surface area contributed by atoms with Crippen molar-refractivity contribution in [3.63, 3.8) is 0 Å². The number of carbonyl (C=O) groups excluding carboxylic acids is 1. The number of cyclic esters (lactones) is 1. The minimum absolute atomic E-state index is 0.0448. The van der Waals surface area contributed by atoms with Crippen molar-refractivity contribution >= 4 is 16.1 Å². The SMILES string of the molecule is CC(C)N1CC(CNS(=O)(=O)Cc2ccccc2)OC1=O. The quantitative estimate of drug-likeness (QED) is 0.860. The lowest BCUT2D eigenvalue weighted by molar-refractivity contribution is 0.130. The molecule has 1 aromatic carbocycles. The second kappa shape index (κ2) is 6.44. The zero-order valence-corrected chi connectivity index (χ0v) is 13.0. The normalized spacial score (nSPS) is 19.1. The molecule has 0 bridgehead atoms. The van der Waals surface area contributed by atoms with Gasteiger partial charge < -0.3 is 9.64 Å². The molecule has 1 atom stereocenters. The first-order valence-electron chi connectivity index (χ1n) is 6.86. The fourth-order valence-electron chi connectivity index (χ4n) is 2.13. The van der Waals surface area contributed by atoms with E-state index >= 15 is 0 Å². The van der Waals surface area contributed by atoms with Gasteiger partial charge in [0.1, 0.15) is 6.10 Å². The van der Waals surface area contributed by atoms with Crippen molar-refractivity contribution in [2.24, 2.45) is 0 Å². The summed E-state index contributed by atoms with van der Waals surface area (Å²) < 4.78 is 31.6. The number of rotatable bonds is 6. The smallest absolute Gasteiger partial charge is 0.410 e. The monoisotopic (exact) mass is 312 g/mol. The summed E-state index contributed by atoms with van der Waals surface area (Å²) in [4.78, 5) is 13.1. The van der Waals surface area contributed by atoms with Crippen molar-refractivity contribution in [3.8, 4) is 0 Å². The van der Waals surface area contributed by atoms with Crippen LogP contribution in [0.4, 0.5) is 4.79 Å². The van der Waals surface area contributed by atoms with E-state index < -0.39 is 22.2 Å². The van der Waals surface area contributed by atoms with Crippen LogP contribution in [0.25, 0.3) is 0 Å². The Morgan fingerprint density at radius 2 is 2.00 bits per heavy atom. The van der Waals surface area contributed by atoms with Crippen LogP contribution in [0.3, 0.4) is 0 Å². The Morgan fingerprint density at radius 1 is 1.33 bits per heavy atom. The summed E-state index contributed by atoms with van der Waals surface area (Å²) in [5.74, 6) is -0.0810. The number of carbonyl (C=O) groups is 1. The van der Waals surface area contributed by atoms with Gasteiger partial charge in [-0.25, -0.2) is 17.9 Å². The Hall–Kier alpha value is -1.60. The topological polar surface area (TPSA) is 75.7 Å². The number of hydrogen-bond donors (Lipinski definition) is 1. The van der Waals surface area contributed by atoms with Crippen molar-refractivity contribution in [1.29, 1.82) is 0 Å². The second-order valence-corrected chi connectivity index (χ2v) is 7.15. The third-order valence-corrected chi connectivity index (χ3v) is 4.58. The van der Waals surface area contributed by atoms with E-state index in [0.717, 1.165) is 5.56 Å². The van der Waals surface area contributed by atoms with E-state index in [-0.39, 0.29) is 18.3 Å². The molecular weight excluding hydrogens is 292 g/mol. The molecule has 116 valence electrons. The highest BCUT2D eigenvalue weighted by molar-refractivity contribution is 7.88. The van der Waals surface area contributed by atoms with Gasteiger partial charge in [-0.2, -0.15) is 0 Å². The standard InChI is InChI=1S/C14H20N2O4S/c1-11(2)16-9-13(20-14(16)17)8-15-21(18,19)10-12-6-4-3-5-7-12/h3-7,11,13,15H,8-10H2,1-2H3. The van der Waals surface area contributed by atoms with Gasteiger partial charge in [0.05, 0.1) is 12.3 Å². The molecule has 0 aliphatic carbocycles. The number of hydrogen-bond acceptors (Lipinski definition) is 4. The lowest BCUT2D eigenvalue weighted by Crippen LogP contribution is -2.36. The number of amides is 1. The van der Waals surface area contributed by atoms with Crippen LogP contribution in [0, 0.1) is 0 Å². The van der Waals surface area contributed by atoms with Gasteiger partial charge in [0.15, 0.2) is 0 Å². The van der Waals surface area contributed by atoms with Gasteiger partial charge in [-0.3, -0.25) is 0 Å². The van der Waals surface area contributed by atoms with E-state index in [0.29, 0.717) is 6.54 Å². The molecule has 7 heteroatoms. The van der Waals surface area contributed by atoms with Gasteiger partial charge in [0.2, 0.25) is 10.0 Å². The molecule has 1 aliphatic heterocycles. The molecule has 1 unspecified atom stereocenters. The molecule has 1 saturated heterocycles. The highest BCUT2D eigenvalue weighted by Gasteiger charge is 2.33. The van der Waals surface area contributed by atoms with Gasteiger partial charge >= 0.3 is 6.09 Å². The highest BCUT2D eigenvalue weighted by atomic mass is 32.2. The van der Waals surface area contributed by atoms with E-state index in [2.05, 4.69) is 4.72 Å². The van der Waals surface area contributed by atoms with E-state index in [4.69, 9.17) is 4.74 Å². The van der Waals surface area contributed by atoms with Crippen molar-refractivity contribution in [3.05, 3.63) is 35.9 Å². The summed E-state index contributed by atoms with van der Waals surface area (Å²) >= 11 is 0. The molecule has 1 fully saturated rings. The van der Waals surface area contributed by atoms with Crippen LogP contribution in [0.1, 0.15) is 19.4 Å².